The normalized spacial score (nSPS) is 20.5. The number of hydrogen-bond donors (Lipinski definition) is 0. The van der Waals surface area contributed by atoms with Crippen molar-refractivity contribution in [2.75, 3.05) is 18.1 Å². The molecule has 3 rings (SSSR count). The van der Waals surface area contributed by atoms with E-state index in [1.165, 1.54) is 9.47 Å². The van der Waals surface area contributed by atoms with Crippen LogP contribution in [0.3, 0.4) is 0 Å². The standard InChI is InChI=1S/C16H20N4O5S/c1-2-18(11-5-7-26(24,25)10-11)14(21)9-20-15(22)12(8-17)13-4-3-6-19(13)16(20)23/h11H,2-7,9-10H2,1H3/t11-/m0/s1. The number of sulfone groups is 1. The van der Waals surface area contributed by atoms with E-state index in [0.29, 0.717) is 31.5 Å². The van der Waals surface area contributed by atoms with E-state index in [9.17, 15) is 28.1 Å². The zero-order valence-electron chi connectivity index (χ0n) is 14.5. The number of hydrogen-bond acceptors (Lipinski definition) is 6. The first-order valence-electron chi connectivity index (χ1n) is 8.55. The fraction of sp³-hybridized carbons (Fsp3) is 0.625. The second-order valence-corrected chi connectivity index (χ2v) is 8.83. The number of fused-ring (bicyclic) bond motifs is 1. The summed E-state index contributed by atoms with van der Waals surface area (Å²) in [6, 6.07) is 1.40. The maximum Gasteiger partial charge on any atom is 0.331 e. The van der Waals surface area contributed by atoms with E-state index < -0.39 is 39.6 Å². The smallest absolute Gasteiger partial charge is 0.331 e. The highest BCUT2D eigenvalue weighted by Crippen LogP contribution is 2.18. The SMILES string of the molecule is CCN(C(=O)Cn1c(=O)c(C#N)c2n(c1=O)CCC2)[C@H]1CCS(=O)(=O)C1. The molecule has 1 atom stereocenters. The highest BCUT2D eigenvalue weighted by molar-refractivity contribution is 7.91. The number of nitriles is 1. The van der Waals surface area contributed by atoms with Crippen molar-refractivity contribution in [1.82, 2.24) is 14.0 Å². The summed E-state index contributed by atoms with van der Waals surface area (Å²) in [6.45, 7) is 1.93. The van der Waals surface area contributed by atoms with Gasteiger partial charge in [-0.3, -0.25) is 14.2 Å². The minimum atomic E-state index is -3.16. The predicted octanol–water partition coefficient (Wildman–Crippen LogP) is -1.14. The van der Waals surface area contributed by atoms with Crippen LogP contribution in [0, 0.1) is 11.3 Å². The lowest BCUT2D eigenvalue weighted by molar-refractivity contribution is -0.133. The van der Waals surface area contributed by atoms with Crippen LogP contribution in [-0.4, -0.2) is 52.5 Å². The Balaban J connectivity index is 1.94. The quantitative estimate of drug-likeness (QED) is 0.651. The lowest BCUT2D eigenvalue weighted by Crippen LogP contribution is -2.48. The van der Waals surface area contributed by atoms with Crippen LogP contribution in [-0.2, 0) is 34.1 Å². The first-order chi connectivity index (χ1) is 12.3. The topological polar surface area (TPSA) is 122 Å². The number of carbonyl (C=O) groups is 1. The van der Waals surface area contributed by atoms with Crippen molar-refractivity contribution >= 4 is 15.7 Å². The van der Waals surface area contributed by atoms with E-state index >= 15 is 0 Å². The van der Waals surface area contributed by atoms with Crippen molar-refractivity contribution in [2.45, 2.75) is 45.3 Å². The van der Waals surface area contributed by atoms with Gasteiger partial charge in [0.25, 0.3) is 5.56 Å². The molecule has 10 heteroatoms. The summed E-state index contributed by atoms with van der Waals surface area (Å²) in [7, 11) is -3.16. The fourth-order valence-corrected chi connectivity index (χ4v) is 5.50. The monoisotopic (exact) mass is 380 g/mol. The van der Waals surface area contributed by atoms with Gasteiger partial charge in [-0.15, -0.1) is 0 Å². The van der Waals surface area contributed by atoms with Gasteiger partial charge in [-0.1, -0.05) is 0 Å². The largest absolute Gasteiger partial charge is 0.337 e. The minimum absolute atomic E-state index is 0.0292. The third-order valence-corrected chi connectivity index (χ3v) is 6.80. The molecule has 0 aliphatic carbocycles. The number of rotatable bonds is 4. The molecular weight excluding hydrogens is 360 g/mol. The molecule has 2 aliphatic heterocycles. The molecule has 140 valence electrons. The first-order valence-corrected chi connectivity index (χ1v) is 10.4. The Morgan fingerprint density at radius 2 is 2.12 bits per heavy atom. The van der Waals surface area contributed by atoms with Crippen LogP contribution in [0.4, 0.5) is 0 Å². The molecule has 0 N–H and O–H groups in total. The highest BCUT2D eigenvalue weighted by Gasteiger charge is 2.34. The van der Waals surface area contributed by atoms with Crippen LogP contribution < -0.4 is 11.2 Å². The van der Waals surface area contributed by atoms with E-state index in [-0.39, 0.29) is 23.6 Å². The van der Waals surface area contributed by atoms with Gasteiger partial charge in [-0.2, -0.15) is 5.26 Å². The molecule has 1 fully saturated rings. The summed E-state index contributed by atoms with van der Waals surface area (Å²) in [5.41, 5.74) is -1.01. The Hall–Kier alpha value is -2.41. The molecule has 1 amide bonds. The molecular formula is C16H20N4O5S. The summed E-state index contributed by atoms with van der Waals surface area (Å²) in [6.07, 6.45) is 1.51. The molecule has 1 aromatic heterocycles. The van der Waals surface area contributed by atoms with Gasteiger partial charge in [0.1, 0.15) is 18.2 Å². The van der Waals surface area contributed by atoms with Crippen molar-refractivity contribution in [3.63, 3.8) is 0 Å². The molecule has 3 heterocycles. The predicted molar refractivity (Wildman–Crippen MR) is 92.4 cm³/mol. The van der Waals surface area contributed by atoms with Gasteiger partial charge >= 0.3 is 5.69 Å². The van der Waals surface area contributed by atoms with Crippen LogP contribution in [0.15, 0.2) is 9.59 Å². The van der Waals surface area contributed by atoms with Crippen LogP contribution in [0.2, 0.25) is 0 Å². The number of aromatic nitrogens is 2. The van der Waals surface area contributed by atoms with Crippen molar-refractivity contribution in [2.24, 2.45) is 0 Å². The zero-order chi connectivity index (χ0) is 19.1. The Morgan fingerprint density at radius 1 is 1.38 bits per heavy atom. The van der Waals surface area contributed by atoms with E-state index in [4.69, 9.17) is 0 Å². The van der Waals surface area contributed by atoms with Gasteiger partial charge in [0.2, 0.25) is 5.91 Å². The molecule has 1 aromatic rings. The Morgan fingerprint density at radius 3 is 2.69 bits per heavy atom. The number of carbonyl (C=O) groups excluding carboxylic acids is 1. The van der Waals surface area contributed by atoms with Gasteiger partial charge in [-0.25, -0.2) is 17.8 Å². The molecule has 0 unspecified atom stereocenters. The van der Waals surface area contributed by atoms with Gasteiger partial charge < -0.3 is 4.90 Å². The summed E-state index contributed by atoms with van der Waals surface area (Å²) in [4.78, 5) is 39.2. The third kappa shape index (κ3) is 3.07. The zero-order valence-corrected chi connectivity index (χ0v) is 15.3. The average molecular weight is 380 g/mol. The molecule has 0 saturated carbocycles. The number of amides is 1. The summed E-state index contributed by atoms with van der Waals surface area (Å²) in [5.74, 6) is -0.563. The van der Waals surface area contributed by atoms with Gasteiger partial charge in [0, 0.05) is 24.8 Å². The maximum atomic E-state index is 12.7. The van der Waals surface area contributed by atoms with Crippen LogP contribution in [0.5, 0.6) is 0 Å². The van der Waals surface area contributed by atoms with Crippen LogP contribution >= 0.6 is 0 Å². The highest BCUT2D eigenvalue weighted by atomic mass is 32.2. The van der Waals surface area contributed by atoms with E-state index in [1.807, 2.05) is 6.07 Å². The Bertz CT molecular complexity index is 1010. The molecule has 0 bridgehead atoms. The molecule has 2 aliphatic rings. The number of likely N-dealkylation sites (N-methyl/N-ethyl adjacent to an activating group) is 1. The Kier molecular flexibility index (Phi) is 4.75. The first kappa shape index (κ1) is 18.4. The van der Waals surface area contributed by atoms with Gasteiger partial charge in [0.05, 0.1) is 11.5 Å². The lowest BCUT2D eigenvalue weighted by atomic mass is 10.2. The summed E-state index contributed by atoms with van der Waals surface area (Å²) >= 11 is 0. The van der Waals surface area contributed by atoms with E-state index in [2.05, 4.69) is 0 Å². The maximum absolute atomic E-state index is 12.7. The molecule has 0 aromatic carbocycles. The van der Waals surface area contributed by atoms with Crippen LogP contribution in [0.1, 0.15) is 31.0 Å². The summed E-state index contributed by atoms with van der Waals surface area (Å²) < 4.78 is 25.5. The van der Waals surface area contributed by atoms with E-state index in [1.54, 1.807) is 6.92 Å². The molecule has 9 nitrogen and oxygen atoms in total. The fourth-order valence-electron chi connectivity index (χ4n) is 3.77. The minimum Gasteiger partial charge on any atom is -0.337 e. The lowest BCUT2D eigenvalue weighted by Gasteiger charge is -2.27. The number of nitrogens with zero attached hydrogens (tertiary/aromatic N) is 4. The van der Waals surface area contributed by atoms with Gasteiger partial charge in [0.15, 0.2) is 9.84 Å². The third-order valence-electron chi connectivity index (χ3n) is 5.05. The van der Waals surface area contributed by atoms with Gasteiger partial charge in [-0.05, 0) is 26.2 Å². The van der Waals surface area contributed by atoms with Crippen molar-refractivity contribution in [1.29, 1.82) is 5.26 Å². The van der Waals surface area contributed by atoms with Crippen molar-refractivity contribution in [3.05, 3.63) is 32.1 Å². The molecule has 26 heavy (non-hydrogen) atoms. The van der Waals surface area contributed by atoms with Crippen LogP contribution in [0.25, 0.3) is 0 Å². The van der Waals surface area contributed by atoms with E-state index in [0.717, 1.165) is 4.57 Å². The summed E-state index contributed by atoms with van der Waals surface area (Å²) in [5, 5.41) is 9.28. The molecule has 0 radical (unpaired) electrons. The average Bonchev–Trinajstić information content (AvgIpc) is 3.19. The second kappa shape index (κ2) is 6.72. The Labute approximate surface area is 150 Å². The van der Waals surface area contributed by atoms with Crippen molar-refractivity contribution in [3.8, 4) is 6.07 Å². The molecule has 0 spiro atoms. The van der Waals surface area contributed by atoms with Crippen molar-refractivity contribution < 1.29 is 13.2 Å². The molecule has 1 saturated heterocycles. The second-order valence-electron chi connectivity index (χ2n) is 6.60.